The third-order valence-electron chi connectivity index (χ3n) is 1.67. The molecule has 0 aromatic heterocycles. The summed E-state index contributed by atoms with van der Waals surface area (Å²) in [6, 6.07) is 5.87. The van der Waals surface area contributed by atoms with Crippen LogP contribution in [-0.4, -0.2) is 0 Å². The van der Waals surface area contributed by atoms with E-state index in [1.807, 2.05) is 6.07 Å². The van der Waals surface area contributed by atoms with Crippen molar-refractivity contribution in [2.45, 2.75) is 12.5 Å². The highest BCUT2D eigenvalue weighted by molar-refractivity contribution is 9.10. The van der Waals surface area contributed by atoms with Gasteiger partial charge < -0.3 is 5.73 Å². The molecule has 0 amide bonds. The standard InChI is InChI=1S/C9H8BrFN2.ClH/c10-6-1-2-8(11)7(5-6)9(13)3-4-12;/h1-2,5,9H,3,13H2;1H/t9-;/m1./s1. The van der Waals surface area contributed by atoms with Crippen LogP contribution >= 0.6 is 28.3 Å². The highest BCUT2D eigenvalue weighted by Gasteiger charge is 2.10. The summed E-state index contributed by atoms with van der Waals surface area (Å²) < 4.78 is 13.9. The predicted molar refractivity (Wildman–Crippen MR) is 58.5 cm³/mol. The molecule has 0 fully saturated rings. The van der Waals surface area contributed by atoms with Gasteiger partial charge in [-0.25, -0.2) is 4.39 Å². The van der Waals surface area contributed by atoms with Gasteiger partial charge in [0.1, 0.15) is 5.82 Å². The fourth-order valence-corrected chi connectivity index (χ4v) is 1.39. The van der Waals surface area contributed by atoms with E-state index in [1.54, 1.807) is 12.1 Å². The van der Waals surface area contributed by atoms with E-state index in [4.69, 9.17) is 11.0 Å². The van der Waals surface area contributed by atoms with E-state index < -0.39 is 6.04 Å². The maximum Gasteiger partial charge on any atom is 0.128 e. The molecular formula is C9H9BrClFN2. The molecule has 0 radical (unpaired) electrons. The summed E-state index contributed by atoms with van der Waals surface area (Å²) in [7, 11) is 0. The van der Waals surface area contributed by atoms with Gasteiger partial charge in [0.05, 0.1) is 12.5 Å². The third kappa shape index (κ3) is 3.26. The van der Waals surface area contributed by atoms with Gasteiger partial charge in [-0.15, -0.1) is 12.4 Å². The maximum atomic E-state index is 13.1. The predicted octanol–water partition coefficient (Wildman–Crippen LogP) is 2.92. The monoisotopic (exact) mass is 278 g/mol. The van der Waals surface area contributed by atoms with E-state index in [2.05, 4.69) is 15.9 Å². The molecule has 2 nitrogen and oxygen atoms in total. The number of benzene rings is 1. The molecule has 0 saturated carbocycles. The van der Waals surface area contributed by atoms with E-state index in [1.165, 1.54) is 6.07 Å². The first-order chi connectivity index (χ1) is 6.15. The minimum atomic E-state index is -0.553. The minimum absolute atomic E-state index is 0. The summed E-state index contributed by atoms with van der Waals surface area (Å²) in [6.07, 6.45) is 0.118. The first-order valence-corrected chi connectivity index (χ1v) is 4.52. The molecule has 0 aliphatic heterocycles. The Kier molecular flexibility index (Phi) is 5.70. The van der Waals surface area contributed by atoms with Crippen molar-refractivity contribution in [1.82, 2.24) is 0 Å². The fraction of sp³-hybridized carbons (Fsp3) is 0.222. The number of hydrogen-bond donors (Lipinski definition) is 1. The smallest absolute Gasteiger partial charge is 0.128 e. The zero-order valence-corrected chi connectivity index (χ0v) is 9.61. The van der Waals surface area contributed by atoms with Gasteiger partial charge in [0, 0.05) is 16.1 Å². The zero-order chi connectivity index (χ0) is 9.84. The van der Waals surface area contributed by atoms with Gasteiger partial charge in [-0.1, -0.05) is 15.9 Å². The Hall–Kier alpha value is -0.630. The number of nitrogens with zero attached hydrogens (tertiary/aromatic N) is 1. The Balaban J connectivity index is 0.00000169. The highest BCUT2D eigenvalue weighted by Crippen LogP contribution is 2.21. The second kappa shape index (κ2) is 5.97. The van der Waals surface area contributed by atoms with Crippen molar-refractivity contribution in [1.29, 1.82) is 5.26 Å². The first-order valence-electron chi connectivity index (χ1n) is 3.72. The number of hydrogen-bond acceptors (Lipinski definition) is 2. The van der Waals surface area contributed by atoms with E-state index in [0.29, 0.717) is 5.56 Å². The molecule has 0 aliphatic carbocycles. The van der Waals surface area contributed by atoms with Gasteiger partial charge in [0.2, 0.25) is 0 Å². The van der Waals surface area contributed by atoms with Crippen LogP contribution in [0.3, 0.4) is 0 Å². The lowest BCUT2D eigenvalue weighted by molar-refractivity contribution is 0.584. The molecular weight excluding hydrogens is 270 g/mol. The molecule has 1 aromatic carbocycles. The van der Waals surface area contributed by atoms with Crippen LogP contribution in [0.15, 0.2) is 22.7 Å². The van der Waals surface area contributed by atoms with Crippen LogP contribution in [0.4, 0.5) is 4.39 Å². The molecule has 1 rings (SSSR count). The van der Waals surface area contributed by atoms with Crippen molar-refractivity contribution in [2.24, 2.45) is 5.73 Å². The molecule has 1 aromatic rings. The third-order valence-corrected chi connectivity index (χ3v) is 2.16. The average molecular weight is 280 g/mol. The quantitative estimate of drug-likeness (QED) is 0.905. The van der Waals surface area contributed by atoms with Crippen molar-refractivity contribution < 1.29 is 4.39 Å². The summed E-state index contributed by atoms with van der Waals surface area (Å²) in [5, 5.41) is 8.39. The van der Waals surface area contributed by atoms with Crippen LogP contribution in [0.5, 0.6) is 0 Å². The van der Waals surface area contributed by atoms with E-state index in [9.17, 15) is 4.39 Å². The largest absolute Gasteiger partial charge is 0.323 e. The molecule has 5 heteroatoms. The Labute approximate surface area is 96.4 Å². The lowest BCUT2D eigenvalue weighted by Gasteiger charge is -2.08. The second-order valence-corrected chi connectivity index (χ2v) is 3.55. The maximum absolute atomic E-state index is 13.1. The average Bonchev–Trinajstić information content (AvgIpc) is 2.09. The Morgan fingerprint density at radius 3 is 2.79 bits per heavy atom. The lowest BCUT2D eigenvalue weighted by atomic mass is 10.1. The second-order valence-electron chi connectivity index (χ2n) is 2.63. The van der Waals surface area contributed by atoms with Crippen LogP contribution in [0.2, 0.25) is 0 Å². The number of nitrogens with two attached hydrogens (primary N) is 1. The zero-order valence-electron chi connectivity index (χ0n) is 7.21. The summed E-state index contributed by atoms with van der Waals surface area (Å²) in [5.74, 6) is -0.369. The van der Waals surface area contributed by atoms with Crippen molar-refractivity contribution in [3.8, 4) is 6.07 Å². The van der Waals surface area contributed by atoms with E-state index >= 15 is 0 Å². The Morgan fingerprint density at radius 2 is 2.21 bits per heavy atom. The molecule has 0 spiro atoms. The van der Waals surface area contributed by atoms with Crippen LogP contribution in [0.1, 0.15) is 18.0 Å². The number of halogens is 3. The van der Waals surface area contributed by atoms with Gasteiger partial charge in [0.15, 0.2) is 0 Å². The molecule has 2 N–H and O–H groups in total. The van der Waals surface area contributed by atoms with Crippen molar-refractivity contribution >= 4 is 28.3 Å². The molecule has 1 atom stereocenters. The molecule has 76 valence electrons. The first kappa shape index (κ1) is 13.4. The van der Waals surface area contributed by atoms with E-state index in [-0.39, 0.29) is 24.6 Å². The van der Waals surface area contributed by atoms with Crippen LogP contribution < -0.4 is 5.73 Å². The topological polar surface area (TPSA) is 49.8 Å². The molecule has 0 unspecified atom stereocenters. The van der Waals surface area contributed by atoms with Gasteiger partial charge in [-0.05, 0) is 18.2 Å². The van der Waals surface area contributed by atoms with E-state index in [0.717, 1.165) is 4.47 Å². The molecule has 0 heterocycles. The molecule has 14 heavy (non-hydrogen) atoms. The summed E-state index contributed by atoms with van der Waals surface area (Å²) in [5.41, 5.74) is 5.96. The molecule has 0 saturated heterocycles. The molecule has 0 bridgehead atoms. The van der Waals surface area contributed by atoms with Crippen LogP contribution in [0.25, 0.3) is 0 Å². The lowest BCUT2D eigenvalue weighted by Crippen LogP contribution is -2.11. The van der Waals surface area contributed by atoms with Crippen LogP contribution in [0, 0.1) is 17.1 Å². The summed E-state index contributed by atoms with van der Waals surface area (Å²) in [4.78, 5) is 0. The number of nitriles is 1. The Bertz CT molecular complexity index is 351. The van der Waals surface area contributed by atoms with Crippen molar-refractivity contribution in [3.63, 3.8) is 0 Å². The van der Waals surface area contributed by atoms with Gasteiger partial charge in [0.25, 0.3) is 0 Å². The number of rotatable bonds is 2. The Morgan fingerprint density at radius 1 is 1.57 bits per heavy atom. The van der Waals surface area contributed by atoms with Crippen molar-refractivity contribution in [3.05, 3.63) is 34.1 Å². The fourth-order valence-electron chi connectivity index (χ4n) is 1.01. The minimum Gasteiger partial charge on any atom is -0.323 e. The molecule has 0 aliphatic rings. The van der Waals surface area contributed by atoms with Crippen molar-refractivity contribution in [2.75, 3.05) is 0 Å². The highest BCUT2D eigenvalue weighted by atomic mass is 79.9. The SMILES string of the molecule is Cl.N#CC[C@@H](N)c1cc(Br)ccc1F. The van der Waals surface area contributed by atoms with Gasteiger partial charge in [-0.2, -0.15) is 5.26 Å². The summed E-state index contributed by atoms with van der Waals surface area (Å²) >= 11 is 3.21. The summed E-state index contributed by atoms with van der Waals surface area (Å²) in [6.45, 7) is 0. The van der Waals surface area contributed by atoms with Crippen LogP contribution in [-0.2, 0) is 0 Å². The normalized spacial score (nSPS) is 11.3. The van der Waals surface area contributed by atoms with Gasteiger partial charge >= 0.3 is 0 Å². The van der Waals surface area contributed by atoms with Gasteiger partial charge in [-0.3, -0.25) is 0 Å².